The van der Waals surface area contributed by atoms with Gasteiger partial charge in [0.2, 0.25) is 5.89 Å². The van der Waals surface area contributed by atoms with Crippen LogP contribution in [0.2, 0.25) is 0 Å². The molecule has 1 saturated heterocycles. The lowest BCUT2D eigenvalue weighted by Gasteiger charge is -2.34. The third kappa shape index (κ3) is 3.52. The van der Waals surface area contributed by atoms with E-state index < -0.39 is 0 Å². The highest BCUT2D eigenvalue weighted by Crippen LogP contribution is 2.25. The lowest BCUT2D eigenvalue weighted by atomic mass is 10.2. The number of pyridine rings is 1. The molecule has 25 heavy (non-hydrogen) atoms. The van der Waals surface area contributed by atoms with Crippen LogP contribution in [0, 0.1) is 0 Å². The third-order valence-corrected chi connectivity index (χ3v) is 5.17. The normalized spacial score (nSPS) is 15.8. The first-order valence-corrected chi connectivity index (χ1v) is 9.36. The number of rotatable bonds is 4. The zero-order valence-electron chi connectivity index (χ0n) is 14.2. The van der Waals surface area contributed by atoms with Crippen molar-refractivity contribution in [1.29, 1.82) is 0 Å². The van der Waals surface area contributed by atoms with Crippen molar-refractivity contribution >= 4 is 32.7 Å². The van der Waals surface area contributed by atoms with Gasteiger partial charge in [0, 0.05) is 42.5 Å². The summed E-state index contributed by atoms with van der Waals surface area (Å²) in [6.45, 7) is 6.58. The topological polar surface area (TPSA) is 58.3 Å². The van der Waals surface area contributed by atoms with E-state index in [9.17, 15) is 0 Å². The Morgan fingerprint density at radius 2 is 1.92 bits per heavy atom. The lowest BCUT2D eigenvalue weighted by molar-refractivity contribution is 0.239. The van der Waals surface area contributed by atoms with Gasteiger partial charge >= 0.3 is 0 Å². The van der Waals surface area contributed by atoms with Gasteiger partial charge in [-0.2, -0.15) is 4.98 Å². The Morgan fingerprint density at radius 3 is 2.68 bits per heavy atom. The molecule has 4 rings (SSSR count). The van der Waals surface area contributed by atoms with Crippen molar-refractivity contribution in [3.63, 3.8) is 0 Å². The van der Waals surface area contributed by atoms with Crippen LogP contribution in [0.3, 0.4) is 0 Å². The second-order valence-electron chi connectivity index (χ2n) is 6.20. The molecular weight excluding hydrogens is 382 g/mol. The quantitative estimate of drug-likeness (QED) is 0.668. The second-order valence-corrected chi connectivity index (χ2v) is 7.06. The summed E-state index contributed by atoms with van der Waals surface area (Å²) in [6.07, 6.45) is 0.782. The van der Waals surface area contributed by atoms with Crippen LogP contribution < -0.4 is 4.90 Å². The Kier molecular flexibility index (Phi) is 4.67. The summed E-state index contributed by atoms with van der Waals surface area (Å²) in [4.78, 5) is 13.9. The Balaban J connectivity index is 1.42. The van der Waals surface area contributed by atoms with Crippen LogP contribution >= 0.6 is 15.9 Å². The molecule has 1 aliphatic rings. The van der Waals surface area contributed by atoms with Gasteiger partial charge in [-0.05, 0) is 34.1 Å². The van der Waals surface area contributed by atoms with E-state index in [1.54, 1.807) is 0 Å². The SMILES string of the molecule is CCc1nc(CN2CCN(c3ccc4cccc(Br)c4n3)CC2)no1. The molecule has 0 bridgehead atoms. The van der Waals surface area contributed by atoms with Crippen molar-refractivity contribution in [3.05, 3.63) is 46.5 Å². The molecule has 0 unspecified atom stereocenters. The molecule has 0 amide bonds. The third-order valence-electron chi connectivity index (χ3n) is 4.53. The second kappa shape index (κ2) is 7.09. The first-order valence-electron chi connectivity index (χ1n) is 8.57. The minimum atomic E-state index is 0.708. The Morgan fingerprint density at radius 1 is 1.08 bits per heavy atom. The molecule has 0 N–H and O–H groups in total. The average Bonchev–Trinajstić information content (AvgIpc) is 3.10. The highest BCUT2D eigenvalue weighted by molar-refractivity contribution is 9.10. The number of anilines is 1. The number of para-hydroxylation sites is 1. The number of hydrogen-bond acceptors (Lipinski definition) is 6. The molecule has 2 aromatic heterocycles. The summed E-state index contributed by atoms with van der Waals surface area (Å²) in [7, 11) is 0. The highest BCUT2D eigenvalue weighted by atomic mass is 79.9. The largest absolute Gasteiger partial charge is 0.354 e. The van der Waals surface area contributed by atoms with Gasteiger partial charge in [-0.3, -0.25) is 4.90 Å². The fourth-order valence-electron chi connectivity index (χ4n) is 3.11. The zero-order valence-corrected chi connectivity index (χ0v) is 15.7. The smallest absolute Gasteiger partial charge is 0.226 e. The summed E-state index contributed by atoms with van der Waals surface area (Å²) in [5, 5.41) is 5.20. The molecule has 3 heterocycles. The van der Waals surface area contributed by atoms with Gasteiger partial charge in [0.1, 0.15) is 5.82 Å². The van der Waals surface area contributed by atoms with Crippen LogP contribution in [0.4, 0.5) is 5.82 Å². The van der Waals surface area contributed by atoms with E-state index in [0.29, 0.717) is 5.89 Å². The molecule has 0 atom stereocenters. The predicted molar refractivity (Wildman–Crippen MR) is 101 cm³/mol. The van der Waals surface area contributed by atoms with Crippen molar-refractivity contribution in [2.45, 2.75) is 19.9 Å². The number of nitrogens with zero attached hydrogens (tertiary/aromatic N) is 5. The molecule has 1 aliphatic heterocycles. The number of fused-ring (bicyclic) bond motifs is 1. The van der Waals surface area contributed by atoms with Gasteiger partial charge in [-0.15, -0.1) is 0 Å². The number of hydrogen-bond donors (Lipinski definition) is 0. The Labute approximate surface area is 155 Å². The van der Waals surface area contributed by atoms with Crippen molar-refractivity contribution in [1.82, 2.24) is 20.0 Å². The van der Waals surface area contributed by atoms with Crippen molar-refractivity contribution in [3.8, 4) is 0 Å². The van der Waals surface area contributed by atoms with Crippen LogP contribution in [0.25, 0.3) is 10.9 Å². The maximum atomic E-state index is 5.19. The van der Waals surface area contributed by atoms with Crippen LogP contribution in [0.5, 0.6) is 0 Å². The lowest BCUT2D eigenvalue weighted by Crippen LogP contribution is -2.46. The first-order chi connectivity index (χ1) is 12.2. The minimum Gasteiger partial charge on any atom is -0.354 e. The number of halogens is 1. The Bertz CT molecular complexity index is 873. The number of benzene rings is 1. The molecule has 3 aromatic rings. The molecule has 130 valence electrons. The van der Waals surface area contributed by atoms with Gasteiger partial charge < -0.3 is 9.42 Å². The fourth-order valence-corrected chi connectivity index (χ4v) is 3.58. The standard InChI is InChI=1S/C18H20BrN5O/c1-2-17-20-15(22-25-17)12-23-8-10-24(11-9-23)16-7-6-13-4-3-5-14(19)18(13)21-16/h3-7H,2,8-12H2,1H3. The zero-order chi connectivity index (χ0) is 17.2. The summed E-state index contributed by atoms with van der Waals surface area (Å²) >= 11 is 3.60. The molecule has 0 spiro atoms. The van der Waals surface area contributed by atoms with E-state index in [2.05, 4.69) is 54.1 Å². The van der Waals surface area contributed by atoms with Gasteiger partial charge in [0.05, 0.1) is 12.1 Å². The summed E-state index contributed by atoms with van der Waals surface area (Å²) in [6, 6.07) is 10.4. The maximum Gasteiger partial charge on any atom is 0.226 e. The molecule has 7 heteroatoms. The van der Waals surface area contributed by atoms with E-state index in [1.807, 2.05) is 19.1 Å². The molecule has 0 saturated carbocycles. The number of piperazine rings is 1. The van der Waals surface area contributed by atoms with E-state index in [0.717, 1.165) is 66.2 Å². The molecule has 6 nitrogen and oxygen atoms in total. The van der Waals surface area contributed by atoms with Crippen molar-refractivity contribution < 1.29 is 4.52 Å². The summed E-state index contributed by atoms with van der Waals surface area (Å²) in [5.74, 6) is 2.52. The highest BCUT2D eigenvalue weighted by Gasteiger charge is 2.20. The van der Waals surface area contributed by atoms with E-state index >= 15 is 0 Å². The van der Waals surface area contributed by atoms with E-state index in [-0.39, 0.29) is 0 Å². The van der Waals surface area contributed by atoms with Crippen LogP contribution in [0.1, 0.15) is 18.6 Å². The van der Waals surface area contributed by atoms with Crippen LogP contribution in [0.15, 0.2) is 39.3 Å². The number of aryl methyl sites for hydroxylation is 1. The van der Waals surface area contributed by atoms with Crippen molar-refractivity contribution in [2.24, 2.45) is 0 Å². The molecule has 1 fully saturated rings. The summed E-state index contributed by atoms with van der Waals surface area (Å²) in [5.41, 5.74) is 1.02. The van der Waals surface area contributed by atoms with Gasteiger partial charge in [0.25, 0.3) is 0 Å². The minimum absolute atomic E-state index is 0.708. The predicted octanol–water partition coefficient (Wildman–Crippen LogP) is 3.26. The Hall–Kier alpha value is -1.99. The van der Waals surface area contributed by atoms with Crippen LogP contribution in [-0.4, -0.2) is 46.2 Å². The van der Waals surface area contributed by atoms with E-state index in [4.69, 9.17) is 9.51 Å². The molecule has 0 aliphatic carbocycles. The monoisotopic (exact) mass is 401 g/mol. The number of aromatic nitrogens is 3. The van der Waals surface area contributed by atoms with Gasteiger partial charge in [-0.25, -0.2) is 4.98 Å². The first kappa shape index (κ1) is 16.5. The average molecular weight is 402 g/mol. The maximum absolute atomic E-state index is 5.19. The molecule has 1 aromatic carbocycles. The van der Waals surface area contributed by atoms with E-state index in [1.165, 1.54) is 0 Å². The molecular formula is C18H20BrN5O. The van der Waals surface area contributed by atoms with Gasteiger partial charge in [-0.1, -0.05) is 24.2 Å². The van der Waals surface area contributed by atoms with Crippen LogP contribution in [-0.2, 0) is 13.0 Å². The fraction of sp³-hybridized carbons (Fsp3) is 0.389. The van der Waals surface area contributed by atoms with Gasteiger partial charge in [0.15, 0.2) is 5.82 Å². The molecule has 0 radical (unpaired) electrons. The van der Waals surface area contributed by atoms with Crippen molar-refractivity contribution in [2.75, 3.05) is 31.1 Å². The summed E-state index contributed by atoms with van der Waals surface area (Å²) < 4.78 is 6.22.